The fraction of sp³-hybridized carbons (Fsp3) is 0.364. The second kappa shape index (κ2) is 4.74. The molecule has 0 saturated heterocycles. The quantitative estimate of drug-likeness (QED) is 0.872. The predicted molar refractivity (Wildman–Crippen MR) is 64.3 cm³/mol. The second-order valence-electron chi connectivity index (χ2n) is 3.97. The van der Waals surface area contributed by atoms with E-state index in [9.17, 15) is 0 Å². The molecule has 0 aliphatic heterocycles. The highest BCUT2D eigenvalue weighted by molar-refractivity contribution is 6.36. The SMILES string of the molecule is CC(C)(C#N)CNc1ccc(Cl)cc1Cl. The molecule has 1 rings (SSSR count). The first-order valence-corrected chi connectivity index (χ1v) is 5.30. The first-order valence-electron chi connectivity index (χ1n) is 4.55. The highest BCUT2D eigenvalue weighted by Crippen LogP contribution is 2.26. The Morgan fingerprint density at radius 2 is 2.07 bits per heavy atom. The monoisotopic (exact) mass is 242 g/mol. The molecule has 2 nitrogen and oxygen atoms in total. The summed E-state index contributed by atoms with van der Waals surface area (Å²) in [5.74, 6) is 0. The third-order valence-corrected chi connectivity index (χ3v) is 2.50. The maximum Gasteiger partial charge on any atom is 0.0702 e. The van der Waals surface area contributed by atoms with Gasteiger partial charge < -0.3 is 5.32 Å². The molecule has 0 atom stereocenters. The van der Waals surface area contributed by atoms with Gasteiger partial charge in [-0.3, -0.25) is 0 Å². The van der Waals surface area contributed by atoms with Crippen molar-refractivity contribution in [3.05, 3.63) is 28.2 Å². The molecule has 0 aromatic heterocycles. The van der Waals surface area contributed by atoms with E-state index < -0.39 is 5.41 Å². The van der Waals surface area contributed by atoms with E-state index in [1.807, 2.05) is 13.8 Å². The Bertz CT molecular complexity index is 394. The summed E-state index contributed by atoms with van der Waals surface area (Å²) in [6, 6.07) is 7.44. The van der Waals surface area contributed by atoms with E-state index >= 15 is 0 Å². The van der Waals surface area contributed by atoms with Crippen LogP contribution in [0.2, 0.25) is 10.0 Å². The zero-order chi connectivity index (χ0) is 11.5. The molecule has 80 valence electrons. The number of nitrogens with zero attached hydrogens (tertiary/aromatic N) is 1. The van der Waals surface area contributed by atoms with Crippen molar-refractivity contribution < 1.29 is 0 Å². The average Bonchev–Trinajstić information content (AvgIpc) is 2.16. The Kier molecular flexibility index (Phi) is 3.84. The third-order valence-electron chi connectivity index (χ3n) is 1.95. The molecule has 4 heteroatoms. The molecule has 1 N–H and O–H groups in total. The van der Waals surface area contributed by atoms with Crippen LogP contribution in [0.25, 0.3) is 0 Å². The molecule has 0 heterocycles. The molecular formula is C11H12Cl2N2. The van der Waals surface area contributed by atoms with Crippen molar-refractivity contribution in [3.8, 4) is 6.07 Å². The number of nitriles is 1. The molecule has 0 saturated carbocycles. The van der Waals surface area contributed by atoms with Crippen LogP contribution in [-0.4, -0.2) is 6.54 Å². The van der Waals surface area contributed by atoms with Crippen molar-refractivity contribution in [1.82, 2.24) is 0 Å². The van der Waals surface area contributed by atoms with Gasteiger partial charge >= 0.3 is 0 Å². The van der Waals surface area contributed by atoms with Crippen molar-refractivity contribution >= 4 is 28.9 Å². The molecule has 0 spiro atoms. The van der Waals surface area contributed by atoms with Gasteiger partial charge in [0.05, 0.1) is 22.2 Å². The van der Waals surface area contributed by atoms with Gasteiger partial charge in [0.15, 0.2) is 0 Å². The molecular weight excluding hydrogens is 231 g/mol. The largest absolute Gasteiger partial charge is 0.382 e. The van der Waals surface area contributed by atoms with Crippen molar-refractivity contribution in [2.24, 2.45) is 5.41 Å². The first kappa shape index (κ1) is 12.2. The smallest absolute Gasteiger partial charge is 0.0702 e. The van der Waals surface area contributed by atoms with Crippen molar-refractivity contribution in [2.75, 3.05) is 11.9 Å². The topological polar surface area (TPSA) is 35.8 Å². The number of rotatable bonds is 3. The molecule has 15 heavy (non-hydrogen) atoms. The molecule has 0 aliphatic rings. The Morgan fingerprint density at radius 3 is 2.60 bits per heavy atom. The number of nitrogens with one attached hydrogen (secondary N) is 1. The lowest BCUT2D eigenvalue weighted by atomic mass is 9.96. The van der Waals surface area contributed by atoms with Gasteiger partial charge in [-0.15, -0.1) is 0 Å². The highest BCUT2D eigenvalue weighted by atomic mass is 35.5. The fourth-order valence-corrected chi connectivity index (χ4v) is 1.46. The van der Waals surface area contributed by atoms with Gasteiger partial charge in [0.2, 0.25) is 0 Å². The van der Waals surface area contributed by atoms with E-state index in [0.29, 0.717) is 16.6 Å². The van der Waals surface area contributed by atoms with Gasteiger partial charge in [-0.2, -0.15) is 5.26 Å². The lowest BCUT2D eigenvalue weighted by Gasteiger charge is -2.17. The first-order chi connectivity index (χ1) is 6.94. The molecule has 1 aromatic carbocycles. The number of hydrogen-bond acceptors (Lipinski definition) is 2. The zero-order valence-electron chi connectivity index (χ0n) is 8.64. The Morgan fingerprint density at radius 1 is 1.40 bits per heavy atom. The summed E-state index contributed by atoms with van der Waals surface area (Å²) in [6.07, 6.45) is 0. The van der Waals surface area contributed by atoms with Crippen molar-refractivity contribution in [3.63, 3.8) is 0 Å². The van der Waals surface area contributed by atoms with E-state index in [2.05, 4.69) is 11.4 Å². The molecule has 0 radical (unpaired) electrons. The van der Waals surface area contributed by atoms with Gasteiger partial charge in [-0.1, -0.05) is 23.2 Å². The van der Waals surface area contributed by atoms with E-state index in [4.69, 9.17) is 28.5 Å². The summed E-state index contributed by atoms with van der Waals surface area (Å²) in [5.41, 5.74) is 0.382. The van der Waals surface area contributed by atoms with Crippen LogP contribution in [0.5, 0.6) is 0 Å². The summed E-state index contributed by atoms with van der Waals surface area (Å²) < 4.78 is 0. The lowest BCUT2D eigenvalue weighted by molar-refractivity contribution is 0.529. The van der Waals surface area contributed by atoms with Gasteiger partial charge in [0, 0.05) is 11.6 Å². The van der Waals surface area contributed by atoms with Crippen LogP contribution in [0, 0.1) is 16.7 Å². The van der Waals surface area contributed by atoms with Crippen LogP contribution >= 0.6 is 23.2 Å². The van der Waals surface area contributed by atoms with Gasteiger partial charge in [-0.05, 0) is 32.0 Å². The number of halogens is 2. The highest BCUT2D eigenvalue weighted by Gasteiger charge is 2.16. The van der Waals surface area contributed by atoms with E-state index in [1.54, 1.807) is 18.2 Å². The van der Waals surface area contributed by atoms with Crippen LogP contribution in [0.3, 0.4) is 0 Å². The van der Waals surface area contributed by atoms with Gasteiger partial charge in [-0.25, -0.2) is 0 Å². The maximum atomic E-state index is 8.84. The maximum absolute atomic E-state index is 8.84. The molecule has 0 unspecified atom stereocenters. The predicted octanol–water partition coefficient (Wildman–Crippen LogP) is 3.96. The number of anilines is 1. The van der Waals surface area contributed by atoms with Gasteiger partial charge in [0.1, 0.15) is 0 Å². The lowest BCUT2D eigenvalue weighted by Crippen LogP contribution is -2.20. The molecule has 0 bridgehead atoms. The van der Waals surface area contributed by atoms with E-state index in [-0.39, 0.29) is 0 Å². The van der Waals surface area contributed by atoms with E-state index in [0.717, 1.165) is 5.69 Å². The van der Waals surface area contributed by atoms with Crippen molar-refractivity contribution in [1.29, 1.82) is 5.26 Å². The van der Waals surface area contributed by atoms with Crippen molar-refractivity contribution in [2.45, 2.75) is 13.8 Å². The summed E-state index contributed by atoms with van der Waals surface area (Å²) >= 11 is 11.7. The third kappa shape index (κ3) is 3.62. The Hall–Kier alpha value is -0.910. The second-order valence-corrected chi connectivity index (χ2v) is 4.82. The Labute approximate surface area is 99.8 Å². The summed E-state index contributed by atoms with van der Waals surface area (Å²) in [6.45, 7) is 4.28. The van der Waals surface area contributed by atoms with Crippen LogP contribution in [0.15, 0.2) is 18.2 Å². The minimum absolute atomic E-state index is 0.414. The van der Waals surface area contributed by atoms with Crippen LogP contribution in [0.1, 0.15) is 13.8 Å². The average molecular weight is 243 g/mol. The molecule has 0 aliphatic carbocycles. The standard InChI is InChI=1S/C11H12Cl2N2/c1-11(2,6-14)7-15-10-4-3-8(12)5-9(10)13/h3-5,15H,7H2,1-2H3. The minimum atomic E-state index is -0.414. The minimum Gasteiger partial charge on any atom is -0.382 e. The molecule has 1 aromatic rings. The summed E-state index contributed by atoms with van der Waals surface area (Å²) in [4.78, 5) is 0. The summed E-state index contributed by atoms with van der Waals surface area (Å²) in [5, 5.41) is 13.1. The number of benzene rings is 1. The number of hydrogen-bond donors (Lipinski definition) is 1. The zero-order valence-corrected chi connectivity index (χ0v) is 10.2. The normalized spacial score (nSPS) is 10.9. The summed E-state index contributed by atoms with van der Waals surface area (Å²) in [7, 11) is 0. The fourth-order valence-electron chi connectivity index (χ4n) is 0.989. The van der Waals surface area contributed by atoms with Crippen LogP contribution in [0.4, 0.5) is 5.69 Å². The molecule has 0 fully saturated rings. The Balaban J connectivity index is 2.71. The van der Waals surface area contributed by atoms with Gasteiger partial charge in [0.25, 0.3) is 0 Å². The molecule has 0 amide bonds. The van der Waals surface area contributed by atoms with Crippen LogP contribution in [-0.2, 0) is 0 Å². The van der Waals surface area contributed by atoms with Crippen LogP contribution < -0.4 is 5.32 Å². The van der Waals surface area contributed by atoms with E-state index in [1.165, 1.54) is 0 Å².